The third-order valence-electron chi connectivity index (χ3n) is 5.27. The van der Waals surface area contributed by atoms with E-state index in [2.05, 4.69) is 27.6 Å². The van der Waals surface area contributed by atoms with Crippen LogP contribution in [0, 0.1) is 0 Å². The molecule has 4 aromatic rings. The topological polar surface area (TPSA) is 92.3 Å². The fraction of sp³-hybridized carbons (Fsp3) is 0.0800. The van der Waals surface area contributed by atoms with Gasteiger partial charge in [-0.15, -0.1) is 10.2 Å². The van der Waals surface area contributed by atoms with Crippen LogP contribution < -0.4 is 5.32 Å². The Hall–Kier alpha value is -3.82. The van der Waals surface area contributed by atoms with E-state index in [1.165, 1.54) is 21.8 Å². The number of thioether (sulfide) groups is 1. The summed E-state index contributed by atoms with van der Waals surface area (Å²) in [5.74, 6) is -0.139. The van der Waals surface area contributed by atoms with Gasteiger partial charge in [-0.25, -0.2) is 0 Å². The number of carbonyl (C=O) groups is 3. The highest BCUT2D eigenvalue weighted by Crippen LogP contribution is 2.29. The van der Waals surface area contributed by atoms with E-state index in [1.54, 1.807) is 60.3 Å². The van der Waals surface area contributed by atoms with Gasteiger partial charge in [-0.2, -0.15) is 0 Å². The molecule has 1 aromatic heterocycles. The molecule has 7 nitrogen and oxygen atoms in total. The minimum atomic E-state index is -0.306. The number of hydrogen-bond donors (Lipinski definition) is 1. The van der Waals surface area contributed by atoms with Crippen molar-refractivity contribution >= 4 is 46.0 Å². The molecule has 0 unspecified atom stereocenters. The van der Waals surface area contributed by atoms with Crippen molar-refractivity contribution in [3.8, 4) is 0 Å². The molecule has 0 aliphatic carbocycles. The second-order valence-electron chi connectivity index (χ2n) is 7.54. The first-order valence-electron chi connectivity index (χ1n) is 10.4. The van der Waals surface area contributed by atoms with Gasteiger partial charge in [0.05, 0.1) is 17.7 Å². The number of carbonyl (C=O) groups excluding carboxylic acids is 3. The van der Waals surface area contributed by atoms with Crippen molar-refractivity contribution < 1.29 is 14.4 Å². The van der Waals surface area contributed by atoms with Gasteiger partial charge in [0.1, 0.15) is 0 Å². The second-order valence-corrected chi connectivity index (χ2v) is 9.74. The maximum absolute atomic E-state index is 12.6. The summed E-state index contributed by atoms with van der Waals surface area (Å²) in [7, 11) is 0. The van der Waals surface area contributed by atoms with Gasteiger partial charge in [0.2, 0.25) is 5.13 Å². The van der Waals surface area contributed by atoms with Gasteiger partial charge in [0.15, 0.2) is 4.34 Å². The number of anilines is 1. The number of fused-ring (bicyclic) bond motifs is 1. The van der Waals surface area contributed by atoms with Crippen molar-refractivity contribution in [2.75, 3.05) is 5.32 Å². The first-order chi connectivity index (χ1) is 16.6. The van der Waals surface area contributed by atoms with Crippen LogP contribution in [-0.4, -0.2) is 32.8 Å². The standard InChI is InChI=1S/C25H18N4O3S2/c30-21(26-24-27-28-25(34-24)33-15-17-6-2-1-3-7-17)18-12-10-16(11-13-18)14-29-22(31)19-8-4-5-9-20(19)23(29)32/h1-13H,14-15H2,(H,26,27,30). The summed E-state index contributed by atoms with van der Waals surface area (Å²) in [6.45, 7) is 0.145. The summed E-state index contributed by atoms with van der Waals surface area (Å²) in [6, 6.07) is 23.6. The van der Waals surface area contributed by atoms with E-state index in [4.69, 9.17) is 0 Å². The van der Waals surface area contributed by atoms with E-state index >= 15 is 0 Å². The molecule has 0 radical (unpaired) electrons. The first-order valence-corrected chi connectivity index (χ1v) is 12.2. The first kappa shape index (κ1) is 22.0. The number of hydrogen-bond acceptors (Lipinski definition) is 7. The predicted molar refractivity (Wildman–Crippen MR) is 131 cm³/mol. The molecule has 1 aliphatic heterocycles. The van der Waals surface area contributed by atoms with Gasteiger partial charge in [0.25, 0.3) is 17.7 Å². The van der Waals surface area contributed by atoms with Crippen molar-refractivity contribution in [1.82, 2.24) is 15.1 Å². The summed E-state index contributed by atoms with van der Waals surface area (Å²) in [4.78, 5) is 38.9. The Balaban J connectivity index is 1.18. The number of amides is 3. The molecular formula is C25H18N4O3S2. The monoisotopic (exact) mass is 486 g/mol. The predicted octanol–water partition coefficient (Wildman–Crippen LogP) is 4.88. The van der Waals surface area contributed by atoms with Crippen molar-refractivity contribution in [3.05, 3.63) is 107 Å². The van der Waals surface area contributed by atoms with Crippen LogP contribution in [0.3, 0.4) is 0 Å². The zero-order valence-electron chi connectivity index (χ0n) is 17.8. The van der Waals surface area contributed by atoms with Gasteiger partial charge < -0.3 is 0 Å². The number of benzene rings is 3. The molecule has 34 heavy (non-hydrogen) atoms. The van der Waals surface area contributed by atoms with Crippen LogP contribution >= 0.6 is 23.1 Å². The Morgan fingerprint density at radius 3 is 2.15 bits per heavy atom. The van der Waals surface area contributed by atoms with Gasteiger partial charge >= 0.3 is 0 Å². The maximum atomic E-state index is 12.6. The van der Waals surface area contributed by atoms with Crippen LogP contribution in [0.1, 0.15) is 42.2 Å². The summed E-state index contributed by atoms with van der Waals surface area (Å²) in [5.41, 5.74) is 3.22. The lowest BCUT2D eigenvalue weighted by atomic mass is 10.1. The Labute approximate surface area is 203 Å². The molecule has 3 amide bonds. The molecule has 3 aromatic carbocycles. The van der Waals surface area contributed by atoms with Crippen molar-refractivity contribution in [3.63, 3.8) is 0 Å². The van der Waals surface area contributed by atoms with Crippen molar-refractivity contribution in [2.24, 2.45) is 0 Å². The Morgan fingerprint density at radius 1 is 0.824 bits per heavy atom. The molecule has 9 heteroatoms. The lowest BCUT2D eigenvalue weighted by molar-refractivity contribution is 0.0642. The quantitative estimate of drug-likeness (QED) is 0.227. The molecule has 0 fully saturated rings. The molecule has 0 spiro atoms. The fourth-order valence-electron chi connectivity index (χ4n) is 3.53. The maximum Gasteiger partial charge on any atom is 0.261 e. The van der Waals surface area contributed by atoms with E-state index in [9.17, 15) is 14.4 Å². The number of nitrogens with zero attached hydrogens (tertiary/aromatic N) is 3. The minimum absolute atomic E-state index is 0.145. The van der Waals surface area contributed by atoms with E-state index in [-0.39, 0.29) is 24.3 Å². The van der Waals surface area contributed by atoms with E-state index in [0.29, 0.717) is 21.8 Å². The van der Waals surface area contributed by atoms with Crippen molar-refractivity contribution in [1.29, 1.82) is 0 Å². The fourth-order valence-corrected chi connectivity index (χ4v) is 5.24. The molecule has 1 N–H and O–H groups in total. The molecule has 0 saturated heterocycles. The van der Waals surface area contributed by atoms with Gasteiger partial charge in [0, 0.05) is 11.3 Å². The zero-order valence-corrected chi connectivity index (χ0v) is 19.4. The van der Waals surface area contributed by atoms with Gasteiger partial charge in [-0.3, -0.25) is 24.6 Å². The largest absolute Gasteiger partial charge is 0.296 e. The van der Waals surface area contributed by atoms with Gasteiger partial charge in [-0.1, -0.05) is 77.7 Å². The Kier molecular flexibility index (Phi) is 6.20. The zero-order chi connectivity index (χ0) is 23.5. The third-order valence-corrected chi connectivity index (χ3v) is 7.31. The minimum Gasteiger partial charge on any atom is -0.296 e. The van der Waals surface area contributed by atoms with Crippen molar-refractivity contribution in [2.45, 2.75) is 16.6 Å². The van der Waals surface area contributed by atoms with E-state index < -0.39 is 0 Å². The second kappa shape index (κ2) is 9.58. The number of aromatic nitrogens is 2. The third kappa shape index (κ3) is 4.61. The van der Waals surface area contributed by atoms with Gasteiger partial charge in [-0.05, 0) is 35.4 Å². The lowest BCUT2D eigenvalue weighted by Crippen LogP contribution is -2.29. The molecular weight excluding hydrogens is 468 g/mol. The molecule has 0 saturated carbocycles. The summed E-state index contributed by atoms with van der Waals surface area (Å²) < 4.78 is 0.774. The van der Waals surface area contributed by atoms with Crippen LogP contribution in [0.4, 0.5) is 5.13 Å². The van der Waals surface area contributed by atoms with Crippen LogP contribution in [0.15, 0.2) is 83.2 Å². The van der Waals surface area contributed by atoms with Crippen LogP contribution in [0.25, 0.3) is 0 Å². The van der Waals surface area contributed by atoms with E-state index in [1.807, 2.05) is 18.2 Å². The smallest absolute Gasteiger partial charge is 0.261 e. The average molecular weight is 487 g/mol. The van der Waals surface area contributed by atoms with Crippen LogP contribution in [0.2, 0.25) is 0 Å². The van der Waals surface area contributed by atoms with Crippen LogP contribution in [-0.2, 0) is 12.3 Å². The molecule has 0 bridgehead atoms. The highest BCUT2D eigenvalue weighted by Gasteiger charge is 2.34. The summed E-state index contributed by atoms with van der Waals surface area (Å²) >= 11 is 2.89. The number of rotatable bonds is 7. The molecule has 5 rings (SSSR count). The summed E-state index contributed by atoms with van der Waals surface area (Å²) in [6.07, 6.45) is 0. The summed E-state index contributed by atoms with van der Waals surface area (Å²) in [5, 5.41) is 11.4. The Morgan fingerprint density at radius 2 is 1.47 bits per heavy atom. The molecule has 2 heterocycles. The Bertz CT molecular complexity index is 1340. The normalized spacial score (nSPS) is 12.6. The van der Waals surface area contributed by atoms with Crippen LogP contribution in [0.5, 0.6) is 0 Å². The molecule has 0 atom stereocenters. The number of imide groups is 1. The number of nitrogens with one attached hydrogen (secondary N) is 1. The lowest BCUT2D eigenvalue weighted by Gasteiger charge is -2.14. The van der Waals surface area contributed by atoms with E-state index in [0.717, 1.165) is 15.7 Å². The average Bonchev–Trinajstić information content (AvgIpc) is 3.42. The highest BCUT2D eigenvalue weighted by molar-refractivity contribution is 8.00. The molecule has 168 valence electrons. The molecule has 1 aliphatic rings. The highest BCUT2D eigenvalue weighted by atomic mass is 32.2. The SMILES string of the molecule is O=C(Nc1nnc(SCc2ccccc2)s1)c1ccc(CN2C(=O)c3ccccc3C2=O)cc1.